The van der Waals surface area contributed by atoms with E-state index in [9.17, 15) is 0 Å². The maximum Gasteiger partial charge on any atom is 0.0486 e. The molecule has 2 aromatic rings. The van der Waals surface area contributed by atoms with E-state index >= 15 is 0 Å². The zero-order valence-corrected chi connectivity index (χ0v) is 8.73. The summed E-state index contributed by atoms with van der Waals surface area (Å²) in [7, 11) is 0. The lowest BCUT2D eigenvalue weighted by Crippen LogP contribution is -1.81. The third-order valence-corrected chi connectivity index (χ3v) is 2.49. The summed E-state index contributed by atoms with van der Waals surface area (Å²) in [5.74, 6) is -3.88. The maximum atomic E-state index is 7.46. The van der Waals surface area contributed by atoms with Gasteiger partial charge in [0.25, 0.3) is 0 Å². The van der Waals surface area contributed by atoms with Crippen molar-refractivity contribution in [2.24, 2.45) is 0 Å². The van der Waals surface area contributed by atoms with E-state index in [-0.39, 0.29) is 0 Å². The van der Waals surface area contributed by atoms with Crippen LogP contribution in [0.4, 0.5) is 0 Å². The second-order valence-corrected chi connectivity index (χ2v) is 3.34. The number of halogens is 2. The van der Waals surface area contributed by atoms with Gasteiger partial charge in [-0.05, 0) is 34.0 Å². The van der Waals surface area contributed by atoms with Gasteiger partial charge in [0.15, 0.2) is 0 Å². The van der Waals surface area contributed by atoms with Crippen LogP contribution in [-0.2, 0) is 11.7 Å². The molecule has 0 atom stereocenters. The van der Waals surface area contributed by atoms with Crippen molar-refractivity contribution in [1.29, 1.82) is 0 Å². The fourth-order valence-electron chi connectivity index (χ4n) is 1.36. The standard InChI is InChI=1S/C12H10Cl2/c13-7-9-1-3-11-4-2-10(8-14)6-12(11)5-9/h1-6H,7-8H2/i7D2,8D2. The molecule has 0 spiro atoms. The number of alkyl halides is 2. The molecular formula is C12H10Cl2. The summed E-state index contributed by atoms with van der Waals surface area (Å²) in [5, 5.41) is 1.59. The summed E-state index contributed by atoms with van der Waals surface area (Å²) >= 11 is 11.2. The molecule has 0 radical (unpaired) electrons. The average molecular weight is 229 g/mol. The van der Waals surface area contributed by atoms with Crippen molar-refractivity contribution in [2.75, 3.05) is 0 Å². The molecule has 0 aliphatic carbocycles. The second-order valence-electron chi connectivity index (χ2n) is 2.97. The summed E-state index contributed by atoms with van der Waals surface area (Å²) in [6.45, 7) is 0. The van der Waals surface area contributed by atoms with Crippen LogP contribution in [0.3, 0.4) is 0 Å². The van der Waals surface area contributed by atoms with E-state index in [4.69, 9.17) is 28.7 Å². The first-order chi connectivity index (χ1) is 8.18. The highest BCUT2D eigenvalue weighted by atomic mass is 35.5. The summed E-state index contributed by atoms with van der Waals surface area (Å²) in [4.78, 5) is 0. The van der Waals surface area contributed by atoms with Crippen molar-refractivity contribution in [2.45, 2.75) is 11.7 Å². The summed E-state index contributed by atoms with van der Waals surface area (Å²) in [6.07, 6.45) is 0. The monoisotopic (exact) mass is 228 g/mol. The minimum atomic E-state index is -1.94. The molecule has 0 nitrogen and oxygen atoms in total. The van der Waals surface area contributed by atoms with Crippen molar-refractivity contribution >= 4 is 34.0 Å². The van der Waals surface area contributed by atoms with E-state index in [0.717, 1.165) is 5.39 Å². The van der Waals surface area contributed by atoms with Crippen molar-refractivity contribution < 1.29 is 5.48 Å². The first-order valence-corrected chi connectivity index (χ1v) is 4.86. The summed E-state index contributed by atoms with van der Waals surface area (Å²) in [6, 6.07) is 9.94. The highest BCUT2D eigenvalue weighted by molar-refractivity contribution is 6.17. The lowest BCUT2D eigenvalue weighted by atomic mass is 10.1. The average Bonchev–Trinajstić information content (AvgIpc) is 2.25. The molecular weight excluding hydrogens is 215 g/mol. The number of fused-ring (bicyclic) bond motifs is 1. The Bertz CT molecular complexity index is 536. The van der Waals surface area contributed by atoms with Crippen molar-refractivity contribution in [3.8, 4) is 0 Å². The zero-order valence-electron chi connectivity index (χ0n) is 11.2. The van der Waals surface area contributed by atoms with Gasteiger partial charge in [0.1, 0.15) is 0 Å². The third kappa shape index (κ3) is 1.87. The van der Waals surface area contributed by atoms with Crippen LogP contribution >= 0.6 is 23.2 Å². The number of rotatable bonds is 2. The molecule has 0 fully saturated rings. The van der Waals surface area contributed by atoms with Crippen LogP contribution in [-0.4, -0.2) is 0 Å². The molecule has 0 amide bonds. The quantitative estimate of drug-likeness (QED) is 0.673. The number of hydrogen-bond donors (Lipinski definition) is 0. The van der Waals surface area contributed by atoms with Gasteiger partial charge in [-0.1, -0.05) is 24.3 Å². The van der Waals surface area contributed by atoms with Crippen LogP contribution < -0.4 is 0 Å². The van der Waals surface area contributed by atoms with Crippen LogP contribution in [0.15, 0.2) is 36.4 Å². The largest absolute Gasteiger partial charge is 0.122 e. The second kappa shape index (κ2) is 4.20. The molecule has 14 heavy (non-hydrogen) atoms. The molecule has 0 saturated carbocycles. The Balaban J connectivity index is 2.61. The Morgan fingerprint density at radius 1 is 0.857 bits per heavy atom. The highest BCUT2D eigenvalue weighted by Gasteiger charge is 1.97. The zero-order chi connectivity index (χ0) is 13.6. The van der Waals surface area contributed by atoms with E-state index in [2.05, 4.69) is 0 Å². The highest BCUT2D eigenvalue weighted by Crippen LogP contribution is 2.19. The van der Waals surface area contributed by atoms with Crippen molar-refractivity contribution in [3.63, 3.8) is 0 Å². The topological polar surface area (TPSA) is 0 Å². The minimum Gasteiger partial charge on any atom is -0.122 e. The van der Waals surface area contributed by atoms with E-state index in [1.54, 1.807) is 36.4 Å². The van der Waals surface area contributed by atoms with E-state index in [1.807, 2.05) is 0 Å². The van der Waals surface area contributed by atoms with Crippen LogP contribution in [0.5, 0.6) is 0 Å². The van der Waals surface area contributed by atoms with E-state index in [1.165, 1.54) is 0 Å². The van der Waals surface area contributed by atoms with Crippen LogP contribution in [0.25, 0.3) is 10.8 Å². The predicted octanol–water partition coefficient (Wildman–Crippen LogP) is 4.32. The van der Waals surface area contributed by atoms with E-state index < -0.39 is 11.7 Å². The molecule has 0 saturated heterocycles. The molecule has 0 bridgehead atoms. The van der Waals surface area contributed by atoms with Gasteiger partial charge < -0.3 is 0 Å². The Morgan fingerprint density at radius 2 is 1.36 bits per heavy atom. The summed E-state index contributed by atoms with van der Waals surface area (Å²) in [5.41, 5.74) is 0.674. The Labute approximate surface area is 99.1 Å². The van der Waals surface area contributed by atoms with Gasteiger partial charge in [0.05, 0.1) is 0 Å². The molecule has 2 aromatic carbocycles. The Hall–Kier alpha value is -0.720. The maximum absolute atomic E-state index is 7.46. The van der Waals surface area contributed by atoms with Crippen LogP contribution in [0, 0.1) is 0 Å². The SMILES string of the molecule is [2H]C([2H])(Cl)c1ccc2ccc(C([2H])([2H])Cl)cc2c1. The van der Waals surface area contributed by atoms with Gasteiger partial charge in [-0.25, -0.2) is 0 Å². The summed E-state index contributed by atoms with van der Waals surface area (Å²) < 4.78 is 29.8. The van der Waals surface area contributed by atoms with Crippen molar-refractivity contribution in [3.05, 3.63) is 47.5 Å². The van der Waals surface area contributed by atoms with Gasteiger partial charge in [-0.3, -0.25) is 0 Å². The van der Waals surface area contributed by atoms with Gasteiger partial charge in [-0.2, -0.15) is 0 Å². The molecule has 0 aromatic heterocycles. The first-order valence-electron chi connectivity index (χ1n) is 6.10. The molecule has 0 aliphatic rings. The number of benzene rings is 2. The molecule has 0 heterocycles. The smallest absolute Gasteiger partial charge is 0.0486 e. The molecule has 0 N–H and O–H groups in total. The van der Waals surface area contributed by atoms with E-state index in [0.29, 0.717) is 16.5 Å². The van der Waals surface area contributed by atoms with Gasteiger partial charge >= 0.3 is 0 Å². The fourth-order valence-corrected chi connectivity index (χ4v) is 1.60. The predicted molar refractivity (Wildman–Crippen MR) is 63.1 cm³/mol. The molecule has 0 aliphatic heterocycles. The lowest BCUT2D eigenvalue weighted by Gasteiger charge is -2.02. The van der Waals surface area contributed by atoms with Crippen LogP contribution in [0.1, 0.15) is 16.6 Å². The Morgan fingerprint density at radius 3 is 1.79 bits per heavy atom. The van der Waals surface area contributed by atoms with Crippen molar-refractivity contribution in [1.82, 2.24) is 0 Å². The van der Waals surface area contributed by atoms with Gasteiger partial charge in [-0.15, -0.1) is 23.2 Å². The van der Waals surface area contributed by atoms with Crippen LogP contribution in [0.2, 0.25) is 0 Å². The molecule has 72 valence electrons. The fraction of sp³-hybridized carbons (Fsp3) is 0.167. The minimum absolute atomic E-state index is 0.337. The molecule has 0 unspecified atom stereocenters. The first kappa shape index (κ1) is 5.99. The third-order valence-electron chi connectivity index (χ3n) is 2.06. The molecule has 2 heteroatoms. The lowest BCUT2D eigenvalue weighted by molar-refractivity contribution is 1.40. The van der Waals surface area contributed by atoms with Gasteiger partial charge in [0, 0.05) is 17.1 Å². The normalized spacial score (nSPS) is 17.0. The van der Waals surface area contributed by atoms with Gasteiger partial charge in [0.2, 0.25) is 0 Å². The number of hydrogen-bond acceptors (Lipinski definition) is 0. The Kier molecular flexibility index (Phi) is 1.80. The molecule has 2 rings (SSSR count).